The fraction of sp³-hybridized carbons (Fsp3) is 0.174. The molecule has 3 aromatic carbocycles. The third kappa shape index (κ3) is 3.04. The fourth-order valence-corrected chi connectivity index (χ4v) is 5.84. The number of carbonyl (C=O) groups is 1. The lowest BCUT2D eigenvalue weighted by Crippen LogP contribution is -2.69. The highest BCUT2D eigenvalue weighted by Crippen LogP contribution is 2.51. The van der Waals surface area contributed by atoms with Crippen molar-refractivity contribution in [3.05, 3.63) is 102 Å². The van der Waals surface area contributed by atoms with Crippen LogP contribution in [0, 0.1) is 5.82 Å². The number of halogens is 1. The van der Waals surface area contributed by atoms with Gasteiger partial charge in [0.05, 0.1) is 10.9 Å². The van der Waals surface area contributed by atoms with E-state index in [9.17, 15) is 17.6 Å². The molecule has 1 amide bonds. The van der Waals surface area contributed by atoms with Crippen LogP contribution in [-0.2, 0) is 21.2 Å². The van der Waals surface area contributed by atoms with E-state index < -0.39 is 32.4 Å². The van der Waals surface area contributed by atoms with Gasteiger partial charge in [-0.25, -0.2) is 12.8 Å². The summed E-state index contributed by atoms with van der Waals surface area (Å²) in [7, 11) is -4.05. The van der Waals surface area contributed by atoms with Crippen LogP contribution in [0.1, 0.15) is 24.1 Å². The SMILES string of the molecule is C[C@]1(S(=O)(=O)c2ccc(F)cc2)C(=O)N(Cc2ccccc2)C1c1ccccc1. The van der Waals surface area contributed by atoms with Crippen molar-refractivity contribution in [3.63, 3.8) is 0 Å². The van der Waals surface area contributed by atoms with Gasteiger partial charge >= 0.3 is 0 Å². The Hall–Kier alpha value is -2.99. The lowest BCUT2D eigenvalue weighted by molar-refractivity contribution is -0.153. The summed E-state index contributed by atoms with van der Waals surface area (Å²) in [5, 5.41) is 0. The van der Waals surface area contributed by atoms with Crippen molar-refractivity contribution < 1.29 is 17.6 Å². The van der Waals surface area contributed by atoms with Crippen LogP contribution in [-0.4, -0.2) is 24.0 Å². The van der Waals surface area contributed by atoms with Crippen LogP contribution in [0.3, 0.4) is 0 Å². The van der Waals surface area contributed by atoms with Gasteiger partial charge in [0.2, 0.25) is 5.91 Å². The number of hydrogen-bond donors (Lipinski definition) is 0. The van der Waals surface area contributed by atoms with E-state index in [0.717, 1.165) is 23.3 Å². The molecule has 0 N–H and O–H groups in total. The van der Waals surface area contributed by atoms with Crippen LogP contribution < -0.4 is 0 Å². The Balaban J connectivity index is 1.79. The minimum absolute atomic E-state index is 0.0601. The number of sulfone groups is 1. The average Bonchev–Trinajstić information content (AvgIpc) is 2.74. The van der Waals surface area contributed by atoms with E-state index in [0.29, 0.717) is 6.54 Å². The first-order valence-corrected chi connectivity index (χ1v) is 10.7. The van der Waals surface area contributed by atoms with Crippen LogP contribution in [0.2, 0.25) is 0 Å². The van der Waals surface area contributed by atoms with Gasteiger partial charge < -0.3 is 4.90 Å². The number of likely N-dealkylation sites (tertiary alicyclic amines) is 1. The fourth-order valence-electron chi connectivity index (χ4n) is 3.95. The Labute approximate surface area is 169 Å². The predicted molar refractivity (Wildman–Crippen MR) is 108 cm³/mol. The minimum atomic E-state index is -4.05. The smallest absolute Gasteiger partial charge is 0.247 e. The summed E-state index contributed by atoms with van der Waals surface area (Å²) in [5.41, 5.74) is 1.67. The van der Waals surface area contributed by atoms with Crippen molar-refractivity contribution >= 4 is 15.7 Å². The Bertz CT molecular complexity index is 1130. The largest absolute Gasteiger partial charge is 0.328 e. The van der Waals surface area contributed by atoms with E-state index in [1.54, 1.807) is 4.90 Å². The molecular weight excluding hydrogens is 389 g/mol. The summed E-state index contributed by atoms with van der Waals surface area (Å²) in [6.45, 7) is 1.78. The topological polar surface area (TPSA) is 54.5 Å². The van der Waals surface area contributed by atoms with Gasteiger partial charge in [0.25, 0.3) is 0 Å². The molecule has 0 spiro atoms. The summed E-state index contributed by atoms with van der Waals surface area (Å²) < 4.78 is 38.6. The molecule has 1 aliphatic heterocycles. The average molecular weight is 409 g/mol. The lowest BCUT2D eigenvalue weighted by atomic mass is 9.82. The maximum Gasteiger partial charge on any atom is 0.247 e. The Morgan fingerprint density at radius 2 is 1.45 bits per heavy atom. The quantitative estimate of drug-likeness (QED) is 0.470. The molecule has 1 saturated heterocycles. The van der Waals surface area contributed by atoms with Crippen LogP contribution in [0.4, 0.5) is 4.39 Å². The van der Waals surface area contributed by atoms with E-state index in [-0.39, 0.29) is 4.90 Å². The maximum absolute atomic E-state index is 13.5. The third-order valence-electron chi connectivity index (χ3n) is 5.51. The van der Waals surface area contributed by atoms with E-state index in [4.69, 9.17) is 0 Å². The molecular formula is C23H20FNO3S. The van der Waals surface area contributed by atoms with Gasteiger partial charge in [-0.1, -0.05) is 60.7 Å². The van der Waals surface area contributed by atoms with Crippen molar-refractivity contribution in [2.24, 2.45) is 0 Å². The second kappa shape index (κ2) is 7.12. The molecule has 29 heavy (non-hydrogen) atoms. The van der Waals surface area contributed by atoms with Gasteiger partial charge in [0, 0.05) is 6.54 Å². The van der Waals surface area contributed by atoms with Crippen molar-refractivity contribution in [2.75, 3.05) is 0 Å². The van der Waals surface area contributed by atoms with Crippen LogP contribution in [0.15, 0.2) is 89.8 Å². The maximum atomic E-state index is 13.5. The molecule has 148 valence electrons. The molecule has 0 bridgehead atoms. The summed E-state index contributed by atoms with van der Waals surface area (Å²) in [6, 6.07) is 22.6. The molecule has 1 aliphatic rings. The molecule has 0 aromatic heterocycles. The minimum Gasteiger partial charge on any atom is -0.328 e. The number of carbonyl (C=O) groups excluding carboxylic acids is 1. The lowest BCUT2D eigenvalue weighted by Gasteiger charge is -2.53. The second-order valence-corrected chi connectivity index (χ2v) is 9.62. The molecule has 0 aliphatic carbocycles. The third-order valence-corrected chi connectivity index (χ3v) is 7.92. The summed E-state index contributed by atoms with van der Waals surface area (Å²) >= 11 is 0. The van der Waals surface area contributed by atoms with Crippen LogP contribution in [0.25, 0.3) is 0 Å². The first-order chi connectivity index (χ1) is 13.9. The van der Waals surface area contributed by atoms with Crippen molar-refractivity contribution in [2.45, 2.75) is 29.2 Å². The highest BCUT2D eigenvalue weighted by atomic mass is 32.2. The van der Waals surface area contributed by atoms with Crippen molar-refractivity contribution in [1.82, 2.24) is 4.90 Å². The first kappa shape index (κ1) is 19.3. The molecule has 1 unspecified atom stereocenters. The normalized spacial score (nSPS) is 21.7. The molecule has 4 nitrogen and oxygen atoms in total. The van der Waals surface area contributed by atoms with Crippen LogP contribution in [0.5, 0.6) is 0 Å². The van der Waals surface area contributed by atoms with Gasteiger partial charge in [-0.3, -0.25) is 4.79 Å². The zero-order valence-corrected chi connectivity index (χ0v) is 16.6. The summed E-state index contributed by atoms with van der Waals surface area (Å²) in [4.78, 5) is 14.8. The highest BCUT2D eigenvalue weighted by Gasteiger charge is 2.66. The number of amides is 1. The molecule has 3 aromatic rings. The second-order valence-electron chi connectivity index (χ2n) is 7.30. The Morgan fingerprint density at radius 1 is 0.897 bits per heavy atom. The number of nitrogens with zero attached hydrogens (tertiary/aromatic N) is 1. The van der Waals surface area contributed by atoms with E-state index >= 15 is 0 Å². The number of hydrogen-bond acceptors (Lipinski definition) is 3. The zero-order valence-electron chi connectivity index (χ0n) is 15.8. The Morgan fingerprint density at radius 3 is 2.03 bits per heavy atom. The monoisotopic (exact) mass is 409 g/mol. The Kier molecular flexibility index (Phi) is 4.74. The van der Waals surface area contributed by atoms with Gasteiger partial charge in [-0.05, 0) is 42.3 Å². The molecule has 6 heteroatoms. The molecule has 1 heterocycles. The molecule has 4 rings (SSSR count). The van der Waals surface area contributed by atoms with E-state index in [1.165, 1.54) is 19.1 Å². The van der Waals surface area contributed by atoms with Gasteiger partial charge in [-0.15, -0.1) is 0 Å². The van der Waals surface area contributed by atoms with Gasteiger partial charge in [-0.2, -0.15) is 0 Å². The summed E-state index contributed by atoms with van der Waals surface area (Å²) in [5.74, 6) is -0.987. The number of rotatable bonds is 5. The van der Waals surface area contributed by atoms with Crippen molar-refractivity contribution in [1.29, 1.82) is 0 Å². The van der Waals surface area contributed by atoms with Crippen LogP contribution >= 0.6 is 0 Å². The molecule has 0 radical (unpaired) electrons. The zero-order chi connectivity index (χ0) is 20.6. The summed E-state index contributed by atoms with van der Waals surface area (Å²) in [6.07, 6.45) is 0. The van der Waals surface area contributed by atoms with Gasteiger partial charge in [0.15, 0.2) is 14.6 Å². The van der Waals surface area contributed by atoms with Crippen molar-refractivity contribution in [3.8, 4) is 0 Å². The van der Waals surface area contributed by atoms with E-state index in [1.807, 2.05) is 60.7 Å². The first-order valence-electron chi connectivity index (χ1n) is 9.26. The highest BCUT2D eigenvalue weighted by molar-refractivity contribution is 7.93. The predicted octanol–water partition coefficient (Wildman–Crippen LogP) is 4.14. The van der Waals surface area contributed by atoms with E-state index in [2.05, 4.69) is 0 Å². The molecule has 0 saturated carbocycles. The standard InChI is InChI=1S/C23H20FNO3S/c1-23(29(27,28)20-14-12-19(24)13-15-20)21(18-10-6-3-7-11-18)25(22(23)26)16-17-8-4-2-5-9-17/h2-15,21H,16H2,1H3/t21?,23-/m1/s1. The number of β-lactam (4-membered cyclic amide) rings is 1. The molecule has 1 fully saturated rings. The van der Waals surface area contributed by atoms with Gasteiger partial charge in [0.1, 0.15) is 5.82 Å². The number of benzene rings is 3. The molecule has 2 atom stereocenters.